The molecular formula is C22H22N2O5. The maximum absolute atomic E-state index is 12.7. The Morgan fingerprint density at radius 3 is 2.41 bits per heavy atom. The first kappa shape index (κ1) is 20.3. The summed E-state index contributed by atoms with van der Waals surface area (Å²) in [5, 5.41) is 11.9. The molecule has 3 rings (SSSR count). The number of carboxylic acid groups (broad SMARTS) is 1. The van der Waals surface area contributed by atoms with Crippen LogP contribution < -0.4 is 5.32 Å². The van der Waals surface area contributed by atoms with E-state index in [4.69, 9.17) is 9.84 Å². The van der Waals surface area contributed by atoms with Gasteiger partial charge in [-0.05, 0) is 55.3 Å². The van der Waals surface area contributed by atoms with Crippen LogP contribution in [0.3, 0.4) is 0 Å². The molecule has 150 valence electrons. The summed E-state index contributed by atoms with van der Waals surface area (Å²) in [6.45, 7) is 4.01. The van der Waals surface area contributed by atoms with Gasteiger partial charge in [0.25, 0.3) is 0 Å². The Labute approximate surface area is 168 Å². The Kier molecular flexibility index (Phi) is 6.07. The molecule has 29 heavy (non-hydrogen) atoms. The third kappa shape index (κ3) is 4.34. The van der Waals surface area contributed by atoms with Gasteiger partial charge in [-0.2, -0.15) is 0 Å². The van der Waals surface area contributed by atoms with E-state index in [9.17, 15) is 14.4 Å². The minimum Gasteiger partial charge on any atom is -0.478 e. The van der Waals surface area contributed by atoms with Crippen molar-refractivity contribution in [2.24, 2.45) is 4.99 Å². The highest BCUT2D eigenvalue weighted by atomic mass is 16.5. The first-order valence-corrected chi connectivity index (χ1v) is 9.47. The molecule has 2 aromatic carbocycles. The fourth-order valence-electron chi connectivity index (χ4n) is 3.30. The monoisotopic (exact) mass is 394 g/mol. The van der Waals surface area contributed by atoms with Gasteiger partial charge in [0.05, 0.1) is 23.4 Å². The summed E-state index contributed by atoms with van der Waals surface area (Å²) < 4.78 is 5.02. The lowest BCUT2D eigenvalue weighted by Gasteiger charge is -2.13. The molecule has 1 atom stereocenters. The van der Waals surface area contributed by atoms with Gasteiger partial charge in [0.15, 0.2) is 0 Å². The van der Waals surface area contributed by atoms with Crippen LogP contribution in [0.1, 0.15) is 58.9 Å². The number of nitrogens with one attached hydrogen (secondary N) is 1. The number of hydrogen-bond donors (Lipinski definition) is 2. The number of hydrogen-bond acceptors (Lipinski definition) is 5. The van der Waals surface area contributed by atoms with Crippen molar-refractivity contribution in [3.63, 3.8) is 0 Å². The van der Waals surface area contributed by atoms with Crippen molar-refractivity contribution in [1.82, 2.24) is 0 Å². The zero-order chi connectivity index (χ0) is 21.0. The highest BCUT2D eigenvalue weighted by Crippen LogP contribution is 2.36. The molecule has 0 radical (unpaired) electrons. The minimum atomic E-state index is -1.00. The van der Waals surface area contributed by atoms with E-state index in [-0.39, 0.29) is 18.1 Å². The molecule has 7 heteroatoms. The topological polar surface area (TPSA) is 105 Å². The normalized spacial score (nSPS) is 15.6. The number of rotatable bonds is 7. The number of carboxylic acids is 1. The fourth-order valence-corrected chi connectivity index (χ4v) is 3.30. The SMILES string of the molecule is CCCC(=Nc1ccc(C(=O)O)cc1)C1C(=O)Nc2cc(C(=O)OCC)ccc21. The van der Waals surface area contributed by atoms with E-state index in [1.165, 1.54) is 12.1 Å². The van der Waals surface area contributed by atoms with E-state index in [1.807, 2.05) is 6.92 Å². The zero-order valence-corrected chi connectivity index (χ0v) is 16.3. The second kappa shape index (κ2) is 8.68. The van der Waals surface area contributed by atoms with Crippen molar-refractivity contribution in [2.45, 2.75) is 32.6 Å². The van der Waals surface area contributed by atoms with Gasteiger partial charge in [-0.3, -0.25) is 9.79 Å². The van der Waals surface area contributed by atoms with E-state index in [0.717, 1.165) is 12.0 Å². The lowest BCUT2D eigenvalue weighted by Crippen LogP contribution is -2.20. The second-order valence-electron chi connectivity index (χ2n) is 6.65. The Bertz CT molecular complexity index is 979. The van der Waals surface area contributed by atoms with Crippen LogP contribution in [-0.4, -0.2) is 35.3 Å². The number of ether oxygens (including phenoxy) is 1. The van der Waals surface area contributed by atoms with Crippen LogP contribution in [0.4, 0.5) is 11.4 Å². The van der Waals surface area contributed by atoms with Crippen molar-refractivity contribution in [3.8, 4) is 0 Å². The highest BCUT2D eigenvalue weighted by Gasteiger charge is 2.34. The van der Waals surface area contributed by atoms with Crippen LogP contribution in [-0.2, 0) is 9.53 Å². The Hall–Kier alpha value is -3.48. The smallest absolute Gasteiger partial charge is 0.338 e. The second-order valence-corrected chi connectivity index (χ2v) is 6.65. The van der Waals surface area contributed by atoms with Gasteiger partial charge in [-0.15, -0.1) is 0 Å². The number of aliphatic imine (C=N–C) groups is 1. The first-order chi connectivity index (χ1) is 13.9. The molecule has 1 heterocycles. The van der Waals surface area contributed by atoms with E-state index in [2.05, 4.69) is 10.3 Å². The summed E-state index contributed by atoms with van der Waals surface area (Å²) in [6, 6.07) is 11.2. The molecule has 0 aliphatic carbocycles. The van der Waals surface area contributed by atoms with Crippen molar-refractivity contribution >= 4 is 34.9 Å². The van der Waals surface area contributed by atoms with Crippen LogP contribution >= 0.6 is 0 Å². The largest absolute Gasteiger partial charge is 0.478 e. The summed E-state index contributed by atoms with van der Waals surface area (Å²) in [4.78, 5) is 40.3. The van der Waals surface area contributed by atoms with Gasteiger partial charge < -0.3 is 15.2 Å². The average Bonchev–Trinajstić information content (AvgIpc) is 3.03. The molecule has 1 aliphatic rings. The lowest BCUT2D eigenvalue weighted by molar-refractivity contribution is -0.115. The Morgan fingerprint density at radius 1 is 1.10 bits per heavy atom. The molecule has 0 bridgehead atoms. The standard InChI is InChI=1S/C22H22N2O5/c1-3-5-17(23-15-9-6-13(7-10-15)21(26)27)19-16-11-8-14(22(28)29-4-2)12-18(16)24-20(19)25/h6-12,19H,3-5H2,1-2H3,(H,24,25)(H,26,27). The van der Waals surface area contributed by atoms with Gasteiger partial charge in [0.2, 0.25) is 5.91 Å². The van der Waals surface area contributed by atoms with E-state index < -0.39 is 17.9 Å². The van der Waals surface area contributed by atoms with Gasteiger partial charge in [0, 0.05) is 11.4 Å². The predicted octanol–water partition coefficient (Wildman–Crippen LogP) is 4.17. The zero-order valence-electron chi connectivity index (χ0n) is 16.3. The first-order valence-electron chi connectivity index (χ1n) is 9.47. The van der Waals surface area contributed by atoms with Gasteiger partial charge in [0.1, 0.15) is 5.92 Å². The summed E-state index contributed by atoms with van der Waals surface area (Å²) in [6.07, 6.45) is 1.41. The third-order valence-corrected chi connectivity index (χ3v) is 4.62. The van der Waals surface area contributed by atoms with Crippen LogP contribution in [0.5, 0.6) is 0 Å². The molecule has 1 amide bonds. The van der Waals surface area contributed by atoms with E-state index in [1.54, 1.807) is 37.3 Å². The predicted molar refractivity (Wildman–Crippen MR) is 109 cm³/mol. The van der Waals surface area contributed by atoms with Gasteiger partial charge >= 0.3 is 11.9 Å². The molecule has 2 aromatic rings. The van der Waals surface area contributed by atoms with Crippen LogP contribution in [0.2, 0.25) is 0 Å². The lowest BCUT2D eigenvalue weighted by atomic mass is 9.92. The van der Waals surface area contributed by atoms with Crippen LogP contribution in [0.25, 0.3) is 0 Å². The van der Waals surface area contributed by atoms with Crippen molar-refractivity contribution in [1.29, 1.82) is 0 Å². The molecular weight excluding hydrogens is 372 g/mol. The summed E-state index contributed by atoms with van der Waals surface area (Å²) >= 11 is 0. The minimum absolute atomic E-state index is 0.177. The van der Waals surface area contributed by atoms with Gasteiger partial charge in [-0.25, -0.2) is 9.59 Å². The number of benzene rings is 2. The molecule has 2 N–H and O–H groups in total. The Balaban J connectivity index is 1.95. The molecule has 0 saturated carbocycles. The molecule has 0 aromatic heterocycles. The molecule has 7 nitrogen and oxygen atoms in total. The maximum atomic E-state index is 12.7. The number of anilines is 1. The molecule has 0 saturated heterocycles. The number of fused-ring (bicyclic) bond motifs is 1. The maximum Gasteiger partial charge on any atom is 0.338 e. The quantitative estimate of drug-likeness (QED) is 0.542. The number of nitrogens with zero attached hydrogens (tertiary/aromatic N) is 1. The van der Waals surface area contributed by atoms with Crippen LogP contribution in [0, 0.1) is 0 Å². The van der Waals surface area contributed by atoms with E-state index in [0.29, 0.717) is 29.1 Å². The van der Waals surface area contributed by atoms with Crippen LogP contribution in [0.15, 0.2) is 47.5 Å². The van der Waals surface area contributed by atoms with Crippen molar-refractivity contribution in [2.75, 3.05) is 11.9 Å². The number of carbonyl (C=O) groups excluding carboxylic acids is 2. The molecule has 0 fully saturated rings. The molecule has 1 unspecified atom stereocenters. The summed E-state index contributed by atoms with van der Waals surface area (Å²) in [5.41, 5.74) is 3.17. The van der Waals surface area contributed by atoms with E-state index >= 15 is 0 Å². The fraction of sp³-hybridized carbons (Fsp3) is 0.273. The summed E-state index contributed by atoms with van der Waals surface area (Å²) in [5.74, 6) is -2.19. The summed E-state index contributed by atoms with van der Waals surface area (Å²) in [7, 11) is 0. The molecule has 1 aliphatic heterocycles. The van der Waals surface area contributed by atoms with Crippen molar-refractivity contribution in [3.05, 3.63) is 59.2 Å². The number of amides is 1. The molecule has 0 spiro atoms. The number of aromatic carboxylic acids is 1. The number of esters is 1. The van der Waals surface area contributed by atoms with Crippen molar-refractivity contribution < 1.29 is 24.2 Å². The third-order valence-electron chi connectivity index (χ3n) is 4.62. The number of carbonyl (C=O) groups is 3. The van der Waals surface area contributed by atoms with Gasteiger partial charge in [-0.1, -0.05) is 19.4 Å². The average molecular weight is 394 g/mol. The Morgan fingerprint density at radius 2 is 1.79 bits per heavy atom. The highest BCUT2D eigenvalue weighted by molar-refractivity contribution is 6.19.